The summed E-state index contributed by atoms with van der Waals surface area (Å²) in [5.74, 6) is 0.656. The average Bonchev–Trinajstić information content (AvgIpc) is 2.62. The predicted molar refractivity (Wildman–Crippen MR) is 97.0 cm³/mol. The minimum absolute atomic E-state index is 0.0752. The van der Waals surface area contributed by atoms with Crippen molar-refractivity contribution >= 4 is 23.5 Å². The minimum atomic E-state index is -0.172. The molecular formula is C19H26ClNO4. The van der Waals surface area contributed by atoms with Gasteiger partial charge >= 0.3 is 5.97 Å². The predicted octanol–water partition coefficient (Wildman–Crippen LogP) is 3.53. The van der Waals surface area contributed by atoms with E-state index in [0.717, 1.165) is 21.9 Å². The number of carbonyl (C=O) groups excluding carboxylic acids is 2. The molecule has 0 bridgehead atoms. The molecule has 1 fully saturated rings. The topological polar surface area (TPSA) is 55.8 Å². The van der Waals surface area contributed by atoms with E-state index in [1.165, 1.54) is 7.11 Å². The number of esters is 1. The van der Waals surface area contributed by atoms with Crippen LogP contribution in [0.1, 0.15) is 36.8 Å². The van der Waals surface area contributed by atoms with Crippen LogP contribution in [0.4, 0.5) is 0 Å². The lowest BCUT2D eigenvalue weighted by atomic mass is 9.97. The maximum absolute atomic E-state index is 12.2. The molecule has 0 radical (unpaired) electrons. The Kier molecular flexibility index (Phi) is 7.12. The van der Waals surface area contributed by atoms with Crippen LogP contribution in [0.25, 0.3) is 0 Å². The number of aryl methyl sites for hydroxylation is 2. The molecule has 1 aromatic carbocycles. The number of benzene rings is 1. The number of ether oxygens (including phenoxy) is 2. The summed E-state index contributed by atoms with van der Waals surface area (Å²) in [5.41, 5.74) is 1.97. The highest BCUT2D eigenvalue weighted by Gasteiger charge is 2.27. The molecule has 0 atom stereocenters. The smallest absolute Gasteiger partial charge is 0.308 e. The molecule has 1 heterocycles. The third-order valence-corrected chi connectivity index (χ3v) is 5.19. The molecule has 0 unspecified atom stereocenters. The van der Waals surface area contributed by atoms with Gasteiger partial charge in [-0.2, -0.15) is 0 Å². The number of hydrogen-bond donors (Lipinski definition) is 0. The number of nitrogens with zero attached hydrogens (tertiary/aromatic N) is 1. The minimum Gasteiger partial charge on any atom is -0.494 e. The normalized spacial score (nSPS) is 15.1. The Morgan fingerprint density at radius 1 is 1.20 bits per heavy atom. The van der Waals surface area contributed by atoms with E-state index >= 15 is 0 Å². The first kappa shape index (κ1) is 19.6. The Balaban J connectivity index is 1.70. The fourth-order valence-electron chi connectivity index (χ4n) is 3.09. The van der Waals surface area contributed by atoms with Gasteiger partial charge in [-0.3, -0.25) is 9.59 Å². The Bertz CT molecular complexity index is 601. The fraction of sp³-hybridized carbons (Fsp3) is 0.579. The van der Waals surface area contributed by atoms with Crippen LogP contribution in [0, 0.1) is 19.8 Å². The third-order valence-electron chi connectivity index (χ3n) is 4.60. The molecule has 25 heavy (non-hydrogen) atoms. The van der Waals surface area contributed by atoms with Crippen LogP contribution in [-0.4, -0.2) is 43.6 Å². The molecule has 1 aliphatic heterocycles. The summed E-state index contributed by atoms with van der Waals surface area (Å²) in [6, 6.07) is 3.82. The summed E-state index contributed by atoms with van der Waals surface area (Å²) >= 11 is 6.14. The first-order valence-electron chi connectivity index (χ1n) is 8.67. The lowest BCUT2D eigenvalue weighted by Gasteiger charge is -2.30. The second-order valence-electron chi connectivity index (χ2n) is 6.50. The van der Waals surface area contributed by atoms with Crippen molar-refractivity contribution in [2.24, 2.45) is 5.92 Å². The van der Waals surface area contributed by atoms with E-state index in [1.807, 2.05) is 30.9 Å². The van der Waals surface area contributed by atoms with Gasteiger partial charge in [-0.1, -0.05) is 11.6 Å². The van der Waals surface area contributed by atoms with Crippen LogP contribution in [0.5, 0.6) is 5.75 Å². The molecule has 0 aliphatic carbocycles. The van der Waals surface area contributed by atoms with E-state index in [0.29, 0.717) is 45.4 Å². The number of carbonyl (C=O) groups is 2. The number of piperidine rings is 1. The monoisotopic (exact) mass is 367 g/mol. The zero-order chi connectivity index (χ0) is 18.4. The highest BCUT2D eigenvalue weighted by Crippen LogP contribution is 2.26. The van der Waals surface area contributed by atoms with Crippen molar-refractivity contribution in [1.29, 1.82) is 0 Å². The van der Waals surface area contributed by atoms with E-state index in [9.17, 15) is 9.59 Å². The van der Waals surface area contributed by atoms with Crippen LogP contribution >= 0.6 is 11.6 Å². The molecule has 0 N–H and O–H groups in total. The standard InChI is InChI=1S/C19H26ClNO4/c1-13-11-16(12-14(2)18(13)20)25-10-4-5-17(22)21-8-6-15(7-9-21)19(23)24-3/h11-12,15H,4-10H2,1-3H3. The molecule has 0 saturated carbocycles. The average molecular weight is 368 g/mol. The van der Waals surface area contributed by atoms with Gasteiger partial charge in [0.25, 0.3) is 0 Å². The van der Waals surface area contributed by atoms with Crippen molar-refractivity contribution in [2.75, 3.05) is 26.8 Å². The summed E-state index contributed by atoms with van der Waals surface area (Å²) in [7, 11) is 1.41. The number of amides is 1. The van der Waals surface area contributed by atoms with Crippen LogP contribution in [0.15, 0.2) is 12.1 Å². The van der Waals surface area contributed by atoms with Gasteiger partial charge in [0.2, 0.25) is 5.91 Å². The molecule has 1 aliphatic rings. The molecule has 1 saturated heterocycles. The Morgan fingerprint density at radius 2 is 1.80 bits per heavy atom. The van der Waals surface area contributed by atoms with Crippen LogP contribution in [-0.2, 0) is 14.3 Å². The second kappa shape index (κ2) is 9.09. The van der Waals surface area contributed by atoms with Crippen molar-refractivity contribution < 1.29 is 19.1 Å². The molecule has 6 heteroatoms. The highest BCUT2D eigenvalue weighted by atomic mass is 35.5. The van der Waals surface area contributed by atoms with Gasteiger partial charge in [0, 0.05) is 24.5 Å². The highest BCUT2D eigenvalue weighted by molar-refractivity contribution is 6.32. The third kappa shape index (κ3) is 5.36. The molecule has 0 spiro atoms. The number of likely N-dealkylation sites (tertiary alicyclic amines) is 1. The molecule has 5 nitrogen and oxygen atoms in total. The van der Waals surface area contributed by atoms with Crippen molar-refractivity contribution in [2.45, 2.75) is 39.5 Å². The van der Waals surface area contributed by atoms with E-state index in [1.54, 1.807) is 0 Å². The molecule has 1 aromatic rings. The van der Waals surface area contributed by atoms with E-state index in [2.05, 4.69) is 0 Å². The van der Waals surface area contributed by atoms with Crippen molar-refractivity contribution in [3.05, 3.63) is 28.3 Å². The molecule has 2 rings (SSSR count). The molecule has 1 amide bonds. The Labute approximate surface area is 154 Å². The zero-order valence-electron chi connectivity index (χ0n) is 15.1. The summed E-state index contributed by atoms with van der Waals surface area (Å²) in [6.07, 6.45) is 2.47. The SMILES string of the molecule is COC(=O)C1CCN(C(=O)CCCOc2cc(C)c(Cl)c(C)c2)CC1. The second-order valence-corrected chi connectivity index (χ2v) is 6.88. The van der Waals surface area contributed by atoms with Crippen LogP contribution < -0.4 is 4.74 Å². The summed E-state index contributed by atoms with van der Waals surface area (Å²) in [4.78, 5) is 25.6. The lowest BCUT2D eigenvalue weighted by molar-refractivity contribution is -0.148. The van der Waals surface area contributed by atoms with Crippen molar-refractivity contribution in [3.8, 4) is 5.75 Å². The number of rotatable bonds is 6. The first-order chi connectivity index (χ1) is 11.9. The van der Waals surface area contributed by atoms with Gasteiger partial charge in [0.1, 0.15) is 5.75 Å². The quantitative estimate of drug-likeness (QED) is 0.570. The maximum atomic E-state index is 12.2. The molecule has 0 aromatic heterocycles. The van der Waals surface area contributed by atoms with Crippen molar-refractivity contribution in [3.63, 3.8) is 0 Å². The van der Waals surface area contributed by atoms with Gasteiger partial charge in [0.05, 0.1) is 19.6 Å². The van der Waals surface area contributed by atoms with E-state index in [4.69, 9.17) is 21.1 Å². The molecule has 138 valence electrons. The summed E-state index contributed by atoms with van der Waals surface area (Å²) < 4.78 is 10.5. The van der Waals surface area contributed by atoms with Gasteiger partial charge in [-0.15, -0.1) is 0 Å². The van der Waals surface area contributed by atoms with Gasteiger partial charge in [-0.05, 0) is 56.4 Å². The Morgan fingerprint density at radius 3 is 2.36 bits per heavy atom. The zero-order valence-corrected chi connectivity index (χ0v) is 15.9. The lowest BCUT2D eigenvalue weighted by Crippen LogP contribution is -2.40. The number of halogens is 1. The Hall–Kier alpha value is -1.75. The number of methoxy groups -OCH3 is 1. The fourth-order valence-corrected chi connectivity index (χ4v) is 3.20. The van der Waals surface area contributed by atoms with Crippen LogP contribution in [0.3, 0.4) is 0 Å². The van der Waals surface area contributed by atoms with Crippen molar-refractivity contribution in [1.82, 2.24) is 4.90 Å². The largest absolute Gasteiger partial charge is 0.494 e. The summed E-state index contributed by atoms with van der Waals surface area (Å²) in [5, 5.41) is 0.762. The number of hydrogen-bond acceptors (Lipinski definition) is 4. The van der Waals surface area contributed by atoms with E-state index in [-0.39, 0.29) is 17.8 Å². The molecular weight excluding hydrogens is 342 g/mol. The van der Waals surface area contributed by atoms with Gasteiger partial charge in [0.15, 0.2) is 0 Å². The summed E-state index contributed by atoms with van der Waals surface area (Å²) in [6.45, 7) is 5.63. The van der Waals surface area contributed by atoms with Gasteiger partial charge < -0.3 is 14.4 Å². The van der Waals surface area contributed by atoms with Crippen LogP contribution in [0.2, 0.25) is 5.02 Å². The van der Waals surface area contributed by atoms with Gasteiger partial charge in [-0.25, -0.2) is 0 Å². The van der Waals surface area contributed by atoms with E-state index < -0.39 is 0 Å². The first-order valence-corrected chi connectivity index (χ1v) is 9.05. The maximum Gasteiger partial charge on any atom is 0.308 e.